The number of hydrogen-bond acceptors (Lipinski definition) is 2. The van der Waals surface area contributed by atoms with Gasteiger partial charge in [0.25, 0.3) is 0 Å². The van der Waals surface area contributed by atoms with Gasteiger partial charge in [-0.3, -0.25) is 0 Å². The van der Waals surface area contributed by atoms with Gasteiger partial charge in [0.2, 0.25) is 0 Å². The minimum absolute atomic E-state index is 0.0000888. The number of rotatable bonds is 2. The minimum atomic E-state index is -4.45. The number of alkyl halides is 3. The normalized spacial score (nSPS) is 11.0. The maximum atomic E-state index is 12.5. The average Bonchev–Trinajstić information content (AvgIpc) is 2.16. The van der Waals surface area contributed by atoms with E-state index in [4.69, 9.17) is 10.00 Å². The van der Waals surface area contributed by atoms with Gasteiger partial charge in [0, 0.05) is 10.0 Å². The van der Waals surface area contributed by atoms with Crippen LogP contribution in [0.15, 0.2) is 16.6 Å². The monoisotopic (exact) mass is 293 g/mol. The average molecular weight is 294 g/mol. The lowest BCUT2D eigenvalue weighted by atomic mass is 10.1. The molecule has 1 aromatic rings. The number of halogens is 4. The first kappa shape index (κ1) is 12.8. The highest BCUT2D eigenvalue weighted by atomic mass is 79.9. The van der Waals surface area contributed by atoms with Crippen molar-refractivity contribution in [3.63, 3.8) is 0 Å². The Bertz CT molecular complexity index is 437. The standard InChI is InChI=1S/C10H7BrF3NO/c1-16-9-5-7(10(12,13)14)8(11)4-6(9)2-3-15/h4-5H,2H2,1H3. The van der Waals surface area contributed by atoms with Crippen LogP contribution < -0.4 is 4.74 Å². The summed E-state index contributed by atoms with van der Waals surface area (Å²) in [7, 11) is 1.27. The molecule has 0 bridgehead atoms. The lowest BCUT2D eigenvalue weighted by Gasteiger charge is -2.13. The Morgan fingerprint density at radius 2 is 2.06 bits per heavy atom. The van der Waals surface area contributed by atoms with Gasteiger partial charge in [0.1, 0.15) is 5.75 Å². The Hall–Kier alpha value is -1.22. The maximum absolute atomic E-state index is 12.5. The second kappa shape index (κ2) is 4.74. The summed E-state index contributed by atoms with van der Waals surface area (Å²) in [4.78, 5) is 0. The Morgan fingerprint density at radius 1 is 1.44 bits per heavy atom. The molecule has 6 heteroatoms. The summed E-state index contributed by atoms with van der Waals surface area (Å²) in [5, 5.41) is 8.52. The Morgan fingerprint density at radius 3 is 2.50 bits per heavy atom. The van der Waals surface area contributed by atoms with Crippen LogP contribution in [0.3, 0.4) is 0 Å². The van der Waals surface area contributed by atoms with E-state index in [-0.39, 0.29) is 16.6 Å². The molecule has 0 unspecified atom stereocenters. The van der Waals surface area contributed by atoms with Gasteiger partial charge in [-0.05, 0) is 12.1 Å². The summed E-state index contributed by atoms with van der Waals surface area (Å²) in [6.07, 6.45) is -4.45. The van der Waals surface area contributed by atoms with Gasteiger partial charge < -0.3 is 4.74 Å². The molecule has 0 atom stereocenters. The van der Waals surface area contributed by atoms with Gasteiger partial charge >= 0.3 is 6.18 Å². The van der Waals surface area contributed by atoms with Crippen LogP contribution in [0.2, 0.25) is 0 Å². The minimum Gasteiger partial charge on any atom is -0.496 e. The molecular formula is C10H7BrF3NO. The SMILES string of the molecule is COc1cc(C(F)(F)F)c(Br)cc1CC#N. The maximum Gasteiger partial charge on any atom is 0.417 e. The molecule has 0 saturated heterocycles. The molecule has 0 N–H and O–H groups in total. The van der Waals surface area contributed by atoms with Crippen molar-refractivity contribution in [2.24, 2.45) is 0 Å². The number of benzene rings is 1. The third-order valence-corrected chi connectivity index (χ3v) is 2.60. The molecule has 86 valence electrons. The van der Waals surface area contributed by atoms with E-state index in [2.05, 4.69) is 15.9 Å². The summed E-state index contributed by atoms with van der Waals surface area (Å²) < 4.78 is 42.3. The fourth-order valence-electron chi connectivity index (χ4n) is 1.23. The second-order valence-electron chi connectivity index (χ2n) is 2.98. The Labute approximate surface area is 98.8 Å². The van der Waals surface area contributed by atoms with E-state index in [0.717, 1.165) is 6.07 Å². The fraction of sp³-hybridized carbons (Fsp3) is 0.300. The number of hydrogen-bond donors (Lipinski definition) is 0. The second-order valence-corrected chi connectivity index (χ2v) is 3.83. The molecule has 0 aromatic heterocycles. The lowest BCUT2D eigenvalue weighted by Crippen LogP contribution is -2.07. The molecule has 0 aliphatic rings. The number of ether oxygens (including phenoxy) is 1. The molecular weight excluding hydrogens is 287 g/mol. The van der Waals surface area contributed by atoms with Gasteiger partial charge in [0.05, 0.1) is 25.2 Å². The molecule has 1 rings (SSSR count). The number of nitrogens with zero attached hydrogens (tertiary/aromatic N) is 1. The summed E-state index contributed by atoms with van der Waals surface area (Å²) in [6.45, 7) is 0. The topological polar surface area (TPSA) is 33.0 Å². The zero-order valence-corrected chi connectivity index (χ0v) is 9.82. The molecule has 0 spiro atoms. The van der Waals surface area contributed by atoms with Crippen molar-refractivity contribution in [3.8, 4) is 11.8 Å². The first-order valence-electron chi connectivity index (χ1n) is 4.20. The fourth-order valence-corrected chi connectivity index (χ4v) is 1.84. The van der Waals surface area contributed by atoms with Crippen LogP contribution in [0.25, 0.3) is 0 Å². The molecule has 1 aromatic carbocycles. The third kappa shape index (κ3) is 2.67. The van der Waals surface area contributed by atoms with Crippen LogP contribution in [0, 0.1) is 11.3 Å². The molecule has 16 heavy (non-hydrogen) atoms. The third-order valence-electron chi connectivity index (χ3n) is 1.94. The highest BCUT2D eigenvalue weighted by Gasteiger charge is 2.34. The quantitative estimate of drug-likeness (QED) is 0.835. The van der Waals surface area contributed by atoms with E-state index in [1.807, 2.05) is 6.07 Å². The van der Waals surface area contributed by atoms with E-state index >= 15 is 0 Å². The Balaban J connectivity index is 3.33. The largest absolute Gasteiger partial charge is 0.496 e. The molecule has 0 saturated carbocycles. The van der Waals surface area contributed by atoms with E-state index < -0.39 is 11.7 Å². The van der Waals surface area contributed by atoms with Gasteiger partial charge in [-0.2, -0.15) is 18.4 Å². The summed E-state index contributed by atoms with van der Waals surface area (Å²) >= 11 is 2.83. The smallest absolute Gasteiger partial charge is 0.417 e. The van der Waals surface area contributed by atoms with Gasteiger partial charge in [-0.1, -0.05) is 15.9 Å². The first-order valence-corrected chi connectivity index (χ1v) is 5.00. The summed E-state index contributed by atoms with van der Waals surface area (Å²) in [6, 6.07) is 4.00. The van der Waals surface area contributed by atoms with Crippen molar-refractivity contribution in [2.75, 3.05) is 7.11 Å². The number of nitriles is 1. The zero-order chi connectivity index (χ0) is 12.3. The van der Waals surface area contributed by atoms with Crippen LogP contribution in [0.4, 0.5) is 13.2 Å². The van der Waals surface area contributed by atoms with E-state index in [1.54, 1.807) is 0 Å². The number of methoxy groups -OCH3 is 1. The van der Waals surface area contributed by atoms with Crippen molar-refractivity contribution in [1.82, 2.24) is 0 Å². The highest BCUT2D eigenvalue weighted by Crippen LogP contribution is 2.38. The zero-order valence-electron chi connectivity index (χ0n) is 8.23. The van der Waals surface area contributed by atoms with E-state index in [9.17, 15) is 13.2 Å². The van der Waals surface area contributed by atoms with E-state index in [1.165, 1.54) is 13.2 Å². The van der Waals surface area contributed by atoms with Crippen molar-refractivity contribution >= 4 is 15.9 Å². The van der Waals surface area contributed by atoms with Crippen molar-refractivity contribution in [3.05, 3.63) is 27.7 Å². The summed E-state index contributed by atoms with van der Waals surface area (Å²) in [5.74, 6) is 0.0667. The van der Waals surface area contributed by atoms with Crippen LogP contribution in [-0.4, -0.2) is 7.11 Å². The molecule has 0 fully saturated rings. The molecule has 0 heterocycles. The lowest BCUT2D eigenvalue weighted by molar-refractivity contribution is -0.138. The highest BCUT2D eigenvalue weighted by molar-refractivity contribution is 9.10. The van der Waals surface area contributed by atoms with Gasteiger partial charge in [-0.15, -0.1) is 0 Å². The molecule has 2 nitrogen and oxygen atoms in total. The van der Waals surface area contributed by atoms with Crippen molar-refractivity contribution in [1.29, 1.82) is 5.26 Å². The van der Waals surface area contributed by atoms with Crippen LogP contribution in [-0.2, 0) is 12.6 Å². The van der Waals surface area contributed by atoms with Crippen molar-refractivity contribution < 1.29 is 17.9 Å². The molecule has 0 radical (unpaired) electrons. The molecule has 0 aliphatic carbocycles. The predicted octanol–water partition coefficient (Wildman–Crippen LogP) is 3.54. The van der Waals surface area contributed by atoms with Gasteiger partial charge in [0.15, 0.2) is 0 Å². The molecule has 0 aliphatic heterocycles. The van der Waals surface area contributed by atoms with Crippen LogP contribution >= 0.6 is 15.9 Å². The van der Waals surface area contributed by atoms with Gasteiger partial charge in [-0.25, -0.2) is 0 Å². The van der Waals surface area contributed by atoms with Crippen LogP contribution in [0.5, 0.6) is 5.75 Å². The predicted molar refractivity (Wildman–Crippen MR) is 55.0 cm³/mol. The van der Waals surface area contributed by atoms with Crippen molar-refractivity contribution in [2.45, 2.75) is 12.6 Å². The van der Waals surface area contributed by atoms with Crippen LogP contribution in [0.1, 0.15) is 11.1 Å². The van der Waals surface area contributed by atoms with E-state index in [0.29, 0.717) is 5.56 Å². The summed E-state index contributed by atoms with van der Waals surface area (Å²) in [5.41, 5.74) is -0.393. The Kier molecular flexibility index (Phi) is 3.81. The molecule has 0 amide bonds. The first-order chi connectivity index (χ1) is 7.40.